The van der Waals surface area contributed by atoms with Crippen molar-refractivity contribution in [2.75, 3.05) is 0 Å². The fraction of sp³-hybridized carbons (Fsp3) is 0.125. The molecule has 0 N–H and O–H groups in total. The minimum Gasteiger partial charge on any atom is -0.167 e. The molecular formula is C8H7N4. The Morgan fingerprint density at radius 2 is 2.42 bits per heavy atom. The van der Waals surface area contributed by atoms with Crippen LogP contribution in [0.25, 0.3) is 11.4 Å². The summed E-state index contributed by atoms with van der Waals surface area (Å²) in [7, 11) is 1.74. The van der Waals surface area contributed by atoms with Gasteiger partial charge in [0.15, 0.2) is 0 Å². The first-order valence-electron chi connectivity index (χ1n) is 3.57. The number of tetrazole rings is 1. The Labute approximate surface area is 69.8 Å². The van der Waals surface area contributed by atoms with Crippen LogP contribution in [0.1, 0.15) is 0 Å². The number of rotatable bonds is 1. The zero-order valence-corrected chi connectivity index (χ0v) is 6.60. The lowest BCUT2D eigenvalue weighted by atomic mass is 10.2. The van der Waals surface area contributed by atoms with Gasteiger partial charge in [0.2, 0.25) is 5.82 Å². The lowest BCUT2D eigenvalue weighted by molar-refractivity contribution is 0.630. The quantitative estimate of drug-likeness (QED) is 0.614. The smallest absolute Gasteiger partial charge is 0.167 e. The fourth-order valence-corrected chi connectivity index (χ4v) is 0.932. The van der Waals surface area contributed by atoms with E-state index in [0.29, 0.717) is 5.82 Å². The molecular weight excluding hydrogens is 152 g/mol. The standard InChI is InChI=1S/C8H7N4/c1-12-10-8(9-11-12)7-5-3-2-4-6-7/h2-3,5-6H,1H3. The van der Waals surface area contributed by atoms with E-state index in [1.54, 1.807) is 7.05 Å². The molecule has 1 aromatic heterocycles. The molecule has 0 aliphatic carbocycles. The number of aromatic nitrogens is 4. The van der Waals surface area contributed by atoms with E-state index in [0.717, 1.165) is 5.56 Å². The summed E-state index contributed by atoms with van der Waals surface area (Å²) in [6.07, 6.45) is 0. The first-order chi connectivity index (χ1) is 5.86. The van der Waals surface area contributed by atoms with Crippen LogP contribution in [0.15, 0.2) is 24.3 Å². The summed E-state index contributed by atoms with van der Waals surface area (Å²) in [6, 6.07) is 10.4. The molecule has 1 aromatic carbocycles. The van der Waals surface area contributed by atoms with Crippen LogP contribution < -0.4 is 0 Å². The summed E-state index contributed by atoms with van der Waals surface area (Å²) in [5.41, 5.74) is 0.936. The van der Waals surface area contributed by atoms with E-state index in [1.807, 2.05) is 24.3 Å². The highest BCUT2D eigenvalue weighted by molar-refractivity contribution is 5.52. The largest absolute Gasteiger partial charge is 0.204 e. The molecule has 0 aliphatic heterocycles. The zero-order valence-electron chi connectivity index (χ0n) is 6.60. The number of hydrogen-bond acceptors (Lipinski definition) is 3. The molecule has 0 amide bonds. The molecule has 1 radical (unpaired) electrons. The summed E-state index contributed by atoms with van der Waals surface area (Å²) in [5, 5.41) is 11.7. The number of aryl methyl sites for hydroxylation is 1. The van der Waals surface area contributed by atoms with Crippen LogP contribution in [0.5, 0.6) is 0 Å². The maximum atomic E-state index is 4.06. The molecule has 0 fully saturated rings. The highest BCUT2D eigenvalue weighted by Crippen LogP contribution is 2.10. The molecule has 0 spiro atoms. The van der Waals surface area contributed by atoms with Crippen molar-refractivity contribution in [2.45, 2.75) is 0 Å². The second kappa shape index (κ2) is 2.73. The van der Waals surface area contributed by atoms with E-state index in [9.17, 15) is 0 Å². The van der Waals surface area contributed by atoms with Gasteiger partial charge in [-0.25, -0.2) is 0 Å². The zero-order chi connectivity index (χ0) is 8.39. The van der Waals surface area contributed by atoms with Gasteiger partial charge in [0, 0.05) is 5.56 Å². The van der Waals surface area contributed by atoms with Gasteiger partial charge in [-0.15, -0.1) is 10.2 Å². The summed E-state index contributed by atoms with van der Waals surface area (Å²) in [6.45, 7) is 0. The summed E-state index contributed by atoms with van der Waals surface area (Å²) >= 11 is 0. The van der Waals surface area contributed by atoms with Crippen LogP contribution in [0.2, 0.25) is 0 Å². The Kier molecular flexibility index (Phi) is 1.59. The second-order valence-corrected chi connectivity index (χ2v) is 2.39. The molecule has 0 unspecified atom stereocenters. The van der Waals surface area contributed by atoms with Gasteiger partial charge in [-0.1, -0.05) is 18.2 Å². The van der Waals surface area contributed by atoms with Crippen molar-refractivity contribution < 1.29 is 0 Å². The Hall–Kier alpha value is -1.71. The SMILES string of the molecule is Cn1nnc(-c2c[c]ccc2)n1. The minimum absolute atomic E-state index is 0.634. The van der Waals surface area contributed by atoms with Crippen LogP contribution >= 0.6 is 0 Å². The van der Waals surface area contributed by atoms with E-state index >= 15 is 0 Å². The highest BCUT2D eigenvalue weighted by atomic mass is 15.6. The van der Waals surface area contributed by atoms with Gasteiger partial charge >= 0.3 is 0 Å². The fourth-order valence-electron chi connectivity index (χ4n) is 0.932. The van der Waals surface area contributed by atoms with Gasteiger partial charge in [-0.05, 0) is 17.3 Å². The third-order valence-electron chi connectivity index (χ3n) is 1.47. The topological polar surface area (TPSA) is 43.6 Å². The summed E-state index contributed by atoms with van der Waals surface area (Å²) < 4.78 is 0. The molecule has 4 nitrogen and oxygen atoms in total. The Bertz CT molecular complexity index is 366. The monoisotopic (exact) mass is 159 g/mol. The normalized spacial score (nSPS) is 10.1. The van der Waals surface area contributed by atoms with Crippen molar-refractivity contribution in [3.05, 3.63) is 30.3 Å². The molecule has 0 saturated heterocycles. The van der Waals surface area contributed by atoms with Crippen LogP contribution in [-0.4, -0.2) is 20.2 Å². The maximum Gasteiger partial charge on any atom is 0.204 e. The average molecular weight is 159 g/mol. The molecule has 2 aromatic rings. The van der Waals surface area contributed by atoms with Gasteiger partial charge in [0.05, 0.1) is 7.05 Å². The first-order valence-corrected chi connectivity index (χ1v) is 3.57. The third kappa shape index (κ3) is 1.18. The van der Waals surface area contributed by atoms with E-state index < -0.39 is 0 Å². The minimum atomic E-state index is 0.634. The number of nitrogens with zero attached hydrogens (tertiary/aromatic N) is 4. The third-order valence-corrected chi connectivity index (χ3v) is 1.47. The Balaban J connectivity index is 2.45. The maximum absolute atomic E-state index is 4.06. The van der Waals surface area contributed by atoms with Crippen molar-refractivity contribution in [3.8, 4) is 11.4 Å². The van der Waals surface area contributed by atoms with Crippen LogP contribution in [0.4, 0.5) is 0 Å². The summed E-state index contributed by atoms with van der Waals surface area (Å²) in [4.78, 5) is 1.43. The first kappa shape index (κ1) is 6.97. The van der Waals surface area contributed by atoms with Crippen molar-refractivity contribution >= 4 is 0 Å². The average Bonchev–Trinajstić information content (AvgIpc) is 2.54. The number of benzene rings is 1. The van der Waals surface area contributed by atoms with E-state index in [4.69, 9.17) is 0 Å². The van der Waals surface area contributed by atoms with Crippen molar-refractivity contribution in [3.63, 3.8) is 0 Å². The second-order valence-electron chi connectivity index (χ2n) is 2.39. The molecule has 0 atom stereocenters. The predicted octanol–water partition coefficient (Wildman–Crippen LogP) is 0.677. The summed E-state index contributed by atoms with van der Waals surface area (Å²) in [5.74, 6) is 0.634. The predicted molar refractivity (Wildman–Crippen MR) is 43.1 cm³/mol. The molecule has 0 aliphatic rings. The van der Waals surface area contributed by atoms with Gasteiger partial charge in [0.25, 0.3) is 0 Å². The van der Waals surface area contributed by atoms with Crippen LogP contribution in [-0.2, 0) is 7.05 Å². The van der Waals surface area contributed by atoms with Gasteiger partial charge in [0.1, 0.15) is 0 Å². The van der Waals surface area contributed by atoms with E-state index in [1.165, 1.54) is 4.80 Å². The van der Waals surface area contributed by atoms with Gasteiger partial charge in [-0.2, -0.15) is 4.80 Å². The van der Waals surface area contributed by atoms with Crippen LogP contribution in [0.3, 0.4) is 0 Å². The molecule has 1 heterocycles. The lowest BCUT2D eigenvalue weighted by Gasteiger charge is -1.89. The van der Waals surface area contributed by atoms with Crippen molar-refractivity contribution in [1.29, 1.82) is 0 Å². The lowest BCUT2D eigenvalue weighted by Crippen LogP contribution is -1.91. The highest BCUT2D eigenvalue weighted by Gasteiger charge is 2.01. The van der Waals surface area contributed by atoms with E-state index in [2.05, 4.69) is 21.5 Å². The molecule has 12 heavy (non-hydrogen) atoms. The van der Waals surface area contributed by atoms with E-state index in [-0.39, 0.29) is 0 Å². The molecule has 4 heteroatoms. The van der Waals surface area contributed by atoms with Crippen molar-refractivity contribution in [1.82, 2.24) is 20.2 Å². The Morgan fingerprint density at radius 3 is 3.00 bits per heavy atom. The van der Waals surface area contributed by atoms with Gasteiger partial charge < -0.3 is 0 Å². The molecule has 0 saturated carbocycles. The molecule has 59 valence electrons. The van der Waals surface area contributed by atoms with Gasteiger partial charge in [-0.3, -0.25) is 0 Å². The van der Waals surface area contributed by atoms with Crippen molar-refractivity contribution in [2.24, 2.45) is 7.05 Å². The molecule has 2 rings (SSSR count). The Morgan fingerprint density at radius 1 is 1.50 bits per heavy atom. The molecule has 0 bridgehead atoms. The number of hydrogen-bond donors (Lipinski definition) is 0. The van der Waals surface area contributed by atoms with Crippen LogP contribution in [0, 0.1) is 6.07 Å².